The molecule has 2 atom stereocenters. The third kappa shape index (κ3) is 7.53. The maximum Gasteiger partial charge on any atom is 0.408 e. The van der Waals surface area contributed by atoms with Gasteiger partial charge in [-0.3, -0.25) is 4.79 Å². The Morgan fingerprint density at radius 1 is 1.13 bits per heavy atom. The number of benzene rings is 1. The van der Waals surface area contributed by atoms with Crippen LogP contribution in [-0.2, 0) is 20.7 Å². The summed E-state index contributed by atoms with van der Waals surface area (Å²) in [5, 5.41) is 21.1. The number of halogens is 1. The first-order valence-electron chi connectivity index (χ1n) is 9.77. The highest BCUT2D eigenvalue weighted by Gasteiger charge is 2.31. The van der Waals surface area contributed by atoms with Gasteiger partial charge in [0, 0.05) is 12.8 Å². The zero-order valence-electron chi connectivity index (χ0n) is 17.3. The van der Waals surface area contributed by atoms with Crippen LogP contribution in [0.5, 0.6) is 5.75 Å². The Balaban J connectivity index is 1.97. The minimum absolute atomic E-state index is 0.0748. The molecular formula is C21H28FNO7. The number of carbonyl (C=O) groups excluding carboxylic acids is 1. The molecule has 166 valence electrons. The molecule has 0 bridgehead atoms. The topological polar surface area (TPSA) is 122 Å². The van der Waals surface area contributed by atoms with E-state index in [0.717, 1.165) is 0 Å². The number of carbonyl (C=O) groups is 3. The highest BCUT2D eigenvalue weighted by molar-refractivity contribution is 5.81. The van der Waals surface area contributed by atoms with Gasteiger partial charge < -0.3 is 25.0 Å². The molecule has 0 unspecified atom stereocenters. The van der Waals surface area contributed by atoms with Gasteiger partial charge in [0.1, 0.15) is 29.7 Å². The lowest BCUT2D eigenvalue weighted by Gasteiger charge is -2.30. The van der Waals surface area contributed by atoms with E-state index in [-0.39, 0.29) is 18.9 Å². The third-order valence-electron chi connectivity index (χ3n) is 4.60. The molecule has 1 saturated carbocycles. The number of nitrogens with one attached hydrogen (secondary N) is 1. The number of alkyl carbamates (subject to hydrolysis) is 1. The number of rotatable bonds is 9. The highest BCUT2D eigenvalue weighted by Crippen LogP contribution is 2.28. The Bertz CT molecular complexity index is 754. The van der Waals surface area contributed by atoms with Crippen molar-refractivity contribution in [1.29, 1.82) is 0 Å². The van der Waals surface area contributed by atoms with Crippen molar-refractivity contribution in [2.75, 3.05) is 0 Å². The fourth-order valence-electron chi connectivity index (χ4n) is 3.01. The summed E-state index contributed by atoms with van der Waals surface area (Å²) >= 11 is 0. The molecule has 0 heterocycles. The first-order valence-corrected chi connectivity index (χ1v) is 9.77. The zero-order valence-corrected chi connectivity index (χ0v) is 17.3. The van der Waals surface area contributed by atoms with E-state index in [1.54, 1.807) is 45.0 Å². The number of amides is 1. The van der Waals surface area contributed by atoms with Gasteiger partial charge in [0.2, 0.25) is 0 Å². The molecule has 8 nitrogen and oxygen atoms in total. The van der Waals surface area contributed by atoms with Gasteiger partial charge in [0.05, 0.1) is 5.92 Å². The number of alkyl halides is 1. The molecule has 2 rings (SSSR count). The van der Waals surface area contributed by atoms with Gasteiger partial charge in [-0.1, -0.05) is 12.1 Å². The third-order valence-corrected chi connectivity index (χ3v) is 4.60. The van der Waals surface area contributed by atoms with E-state index in [1.807, 2.05) is 0 Å². The van der Waals surface area contributed by atoms with Crippen LogP contribution in [0.15, 0.2) is 24.3 Å². The second-order valence-corrected chi connectivity index (χ2v) is 8.46. The molecule has 1 amide bonds. The van der Waals surface area contributed by atoms with Gasteiger partial charge in [-0.15, -0.1) is 0 Å². The Labute approximate surface area is 174 Å². The van der Waals surface area contributed by atoms with Crippen LogP contribution in [0.25, 0.3) is 0 Å². The van der Waals surface area contributed by atoms with E-state index < -0.39 is 41.8 Å². The van der Waals surface area contributed by atoms with E-state index in [4.69, 9.17) is 9.47 Å². The minimum atomic E-state index is -1.41. The van der Waals surface area contributed by atoms with Crippen molar-refractivity contribution >= 4 is 18.0 Å². The summed E-state index contributed by atoms with van der Waals surface area (Å²) in [5.41, 5.74) is -0.138. The van der Waals surface area contributed by atoms with Crippen LogP contribution in [0.1, 0.15) is 45.6 Å². The lowest BCUT2D eigenvalue weighted by atomic mass is 9.92. The molecule has 0 aromatic heterocycles. The van der Waals surface area contributed by atoms with Crippen LogP contribution in [0.3, 0.4) is 0 Å². The first kappa shape index (κ1) is 23.4. The van der Waals surface area contributed by atoms with E-state index in [0.29, 0.717) is 24.2 Å². The van der Waals surface area contributed by atoms with Crippen LogP contribution in [-0.4, -0.2) is 52.2 Å². The average molecular weight is 425 g/mol. The van der Waals surface area contributed by atoms with Crippen LogP contribution >= 0.6 is 0 Å². The molecular weight excluding hydrogens is 397 g/mol. The van der Waals surface area contributed by atoms with Crippen molar-refractivity contribution in [3.8, 4) is 5.75 Å². The molecule has 9 heteroatoms. The van der Waals surface area contributed by atoms with E-state index in [9.17, 15) is 29.0 Å². The molecule has 0 radical (unpaired) electrons. The molecule has 3 N–H and O–H groups in total. The summed E-state index contributed by atoms with van der Waals surface area (Å²) in [5.74, 6) is -2.98. The maximum absolute atomic E-state index is 12.9. The summed E-state index contributed by atoms with van der Waals surface area (Å²) in [6, 6.07) is 5.32. The van der Waals surface area contributed by atoms with Crippen LogP contribution in [0.4, 0.5) is 9.18 Å². The summed E-state index contributed by atoms with van der Waals surface area (Å²) in [7, 11) is 0. The molecule has 0 saturated heterocycles. The van der Waals surface area contributed by atoms with Gasteiger partial charge in [0.25, 0.3) is 0 Å². The monoisotopic (exact) mass is 425 g/mol. The van der Waals surface area contributed by atoms with Crippen LogP contribution in [0.2, 0.25) is 0 Å². The summed E-state index contributed by atoms with van der Waals surface area (Å²) in [4.78, 5) is 35.1. The minimum Gasteiger partial charge on any atom is -0.490 e. The predicted molar refractivity (Wildman–Crippen MR) is 105 cm³/mol. The molecule has 1 aliphatic rings. The van der Waals surface area contributed by atoms with E-state index >= 15 is 0 Å². The van der Waals surface area contributed by atoms with Gasteiger partial charge in [-0.2, -0.15) is 0 Å². The number of hydrogen-bond acceptors (Lipinski definition) is 5. The largest absolute Gasteiger partial charge is 0.490 e. The van der Waals surface area contributed by atoms with Gasteiger partial charge in [-0.05, 0) is 51.3 Å². The van der Waals surface area contributed by atoms with Crippen molar-refractivity contribution in [2.45, 2.75) is 70.4 Å². The average Bonchev–Trinajstić information content (AvgIpc) is 2.58. The highest BCUT2D eigenvalue weighted by atomic mass is 19.1. The number of ether oxygens (including phenoxy) is 2. The Hall–Kier alpha value is -2.84. The molecule has 1 aliphatic carbocycles. The molecule has 1 aromatic carbocycles. The number of hydrogen-bond donors (Lipinski definition) is 3. The summed E-state index contributed by atoms with van der Waals surface area (Å²) < 4.78 is 23.5. The number of aliphatic carboxylic acids is 2. The normalized spacial score (nSPS) is 20.4. The van der Waals surface area contributed by atoms with Crippen molar-refractivity contribution in [1.82, 2.24) is 5.32 Å². The van der Waals surface area contributed by atoms with Gasteiger partial charge in [0.15, 0.2) is 0 Å². The van der Waals surface area contributed by atoms with Crippen LogP contribution < -0.4 is 10.1 Å². The van der Waals surface area contributed by atoms with E-state index in [2.05, 4.69) is 5.32 Å². The summed E-state index contributed by atoms with van der Waals surface area (Å²) in [6.07, 6.45) is -1.39. The molecule has 30 heavy (non-hydrogen) atoms. The van der Waals surface area contributed by atoms with Gasteiger partial charge >= 0.3 is 18.0 Å². The molecule has 0 aliphatic heterocycles. The van der Waals surface area contributed by atoms with Crippen molar-refractivity contribution in [3.63, 3.8) is 0 Å². The van der Waals surface area contributed by atoms with Crippen molar-refractivity contribution in [3.05, 3.63) is 29.8 Å². The predicted octanol–water partition coefficient (Wildman–Crippen LogP) is 3.18. The zero-order chi connectivity index (χ0) is 22.5. The Morgan fingerprint density at radius 2 is 1.73 bits per heavy atom. The second-order valence-electron chi connectivity index (χ2n) is 8.46. The Morgan fingerprint density at radius 3 is 2.20 bits per heavy atom. The molecule has 0 spiro atoms. The quantitative estimate of drug-likeness (QED) is 0.555. The lowest BCUT2D eigenvalue weighted by Crippen LogP contribution is -2.45. The Kier molecular flexibility index (Phi) is 7.64. The number of carboxylic acids is 2. The molecule has 1 fully saturated rings. The summed E-state index contributed by atoms with van der Waals surface area (Å²) in [6.45, 7) is 4.91. The smallest absolute Gasteiger partial charge is 0.408 e. The van der Waals surface area contributed by atoms with Crippen LogP contribution in [0, 0.1) is 5.92 Å². The lowest BCUT2D eigenvalue weighted by molar-refractivity contribution is -0.144. The first-order chi connectivity index (χ1) is 13.9. The van der Waals surface area contributed by atoms with Crippen molar-refractivity contribution < 1.29 is 38.5 Å². The fraction of sp³-hybridized carbons (Fsp3) is 0.571. The fourth-order valence-corrected chi connectivity index (χ4v) is 3.01. The maximum atomic E-state index is 12.9. The standard InChI is InChI=1S/C21H28FNO7/c1-21(2,3)30-20(28)23-17(19(26)27)9-13(18(24)25)8-12-4-6-15(7-5-12)29-16-10-14(22)11-16/h4-7,13-14,16-17H,8-11H2,1-3H3,(H,23,28)(H,24,25)(H,26,27)/t13-,14-,16+,17-/m0/s1. The second kappa shape index (κ2) is 9.77. The van der Waals surface area contributed by atoms with E-state index in [1.165, 1.54) is 0 Å². The van der Waals surface area contributed by atoms with Crippen molar-refractivity contribution in [2.24, 2.45) is 5.92 Å². The number of carboxylic acid groups (broad SMARTS) is 2. The molecule has 1 aromatic rings. The SMILES string of the molecule is CC(C)(C)OC(=O)N[C@@H](C[C@H](Cc1ccc(O[C@H]2C[C@@H](F)C2)cc1)C(=O)O)C(=O)O. The van der Waals surface area contributed by atoms with Gasteiger partial charge in [-0.25, -0.2) is 14.0 Å².